The summed E-state index contributed by atoms with van der Waals surface area (Å²) in [6.07, 6.45) is 7.78. The summed E-state index contributed by atoms with van der Waals surface area (Å²) in [6.45, 7) is 4.76. The van der Waals surface area contributed by atoms with Gasteiger partial charge in [-0.3, -0.25) is 15.1 Å². The van der Waals surface area contributed by atoms with Gasteiger partial charge in [0.2, 0.25) is 0 Å². The molecule has 4 unspecified atom stereocenters. The molecule has 0 aromatic heterocycles. The zero-order valence-corrected chi connectivity index (χ0v) is 10.5. The van der Waals surface area contributed by atoms with Crippen LogP contribution in [0.2, 0.25) is 0 Å². The number of fused-ring (bicyclic) bond motifs is 3. The van der Waals surface area contributed by atoms with Crippen molar-refractivity contribution in [2.24, 2.45) is 0 Å². The van der Waals surface area contributed by atoms with Crippen LogP contribution < -0.4 is 5.32 Å². The predicted molar refractivity (Wildman–Crippen MR) is 65.6 cm³/mol. The number of rotatable bonds is 1. The van der Waals surface area contributed by atoms with Gasteiger partial charge >= 0.3 is 0 Å². The minimum Gasteiger partial charge on any atom is -0.342 e. The monoisotopic (exact) mass is 237 g/mol. The van der Waals surface area contributed by atoms with E-state index in [0.717, 1.165) is 25.2 Å². The Labute approximate surface area is 103 Å². The second kappa shape index (κ2) is 4.19. The third kappa shape index (κ3) is 1.82. The molecule has 4 heterocycles. The fourth-order valence-corrected chi connectivity index (χ4v) is 4.16. The summed E-state index contributed by atoms with van der Waals surface area (Å²) in [7, 11) is 0. The average molecular weight is 237 g/mol. The van der Waals surface area contributed by atoms with Gasteiger partial charge in [0.05, 0.1) is 0 Å². The molecule has 0 saturated carbocycles. The molecule has 1 N–H and O–H groups in total. The maximum atomic E-state index is 5.87. The van der Waals surface area contributed by atoms with Gasteiger partial charge in [0.25, 0.3) is 0 Å². The van der Waals surface area contributed by atoms with Gasteiger partial charge in [-0.25, -0.2) is 0 Å². The van der Waals surface area contributed by atoms with Crippen LogP contribution in [0.5, 0.6) is 0 Å². The SMILES string of the molecule is C1CCN2CC(N3CC4NCC3O4)CCC2C1. The first-order chi connectivity index (χ1) is 8.40. The summed E-state index contributed by atoms with van der Waals surface area (Å²) in [4.78, 5) is 5.36. The smallest absolute Gasteiger partial charge is 0.125 e. The standard InChI is InChI=1S/C13H23N3O/c1-2-6-15-8-11(5-4-10(15)3-1)16-9-12-14-7-13(16)17-12/h10-14H,1-9H2. The Kier molecular flexibility index (Phi) is 2.65. The summed E-state index contributed by atoms with van der Waals surface area (Å²) >= 11 is 0. The Balaban J connectivity index is 1.42. The predicted octanol–water partition coefficient (Wildman–Crippen LogP) is 0.591. The minimum atomic E-state index is 0.319. The molecule has 0 aliphatic carbocycles. The van der Waals surface area contributed by atoms with Gasteiger partial charge in [-0.15, -0.1) is 0 Å². The lowest BCUT2D eigenvalue weighted by Gasteiger charge is -2.46. The van der Waals surface area contributed by atoms with Crippen LogP contribution in [0.3, 0.4) is 0 Å². The van der Waals surface area contributed by atoms with Crippen LogP contribution >= 0.6 is 0 Å². The van der Waals surface area contributed by atoms with Crippen molar-refractivity contribution in [1.82, 2.24) is 15.1 Å². The quantitative estimate of drug-likeness (QED) is 0.722. The third-order valence-corrected chi connectivity index (χ3v) is 5.08. The molecule has 0 radical (unpaired) electrons. The molecule has 4 rings (SSSR count). The van der Waals surface area contributed by atoms with Gasteiger partial charge in [-0.05, 0) is 32.2 Å². The summed E-state index contributed by atoms with van der Waals surface area (Å²) in [6, 6.07) is 1.65. The zero-order valence-electron chi connectivity index (χ0n) is 10.5. The van der Waals surface area contributed by atoms with Crippen molar-refractivity contribution < 1.29 is 4.74 Å². The van der Waals surface area contributed by atoms with Crippen molar-refractivity contribution in [3.05, 3.63) is 0 Å². The van der Waals surface area contributed by atoms with Gasteiger partial charge in [0.1, 0.15) is 12.5 Å². The van der Waals surface area contributed by atoms with Crippen molar-refractivity contribution in [3.8, 4) is 0 Å². The topological polar surface area (TPSA) is 27.7 Å². The number of ether oxygens (including phenoxy) is 1. The van der Waals surface area contributed by atoms with Gasteiger partial charge in [0, 0.05) is 31.7 Å². The van der Waals surface area contributed by atoms with Crippen LogP contribution in [-0.2, 0) is 4.74 Å². The fraction of sp³-hybridized carbons (Fsp3) is 1.00. The molecule has 4 saturated heterocycles. The summed E-state index contributed by atoms with van der Waals surface area (Å²) in [5, 5.41) is 3.40. The molecule has 4 fully saturated rings. The van der Waals surface area contributed by atoms with Crippen LogP contribution in [0.1, 0.15) is 32.1 Å². The minimum absolute atomic E-state index is 0.319. The summed E-state index contributed by atoms with van der Waals surface area (Å²) in [5.41, 5.74) is 0. The molecule has 96 valence electrons. The molecule has 4 aliphatic heterocycles. The largest absolute Gasteiger partial charge is 0.342 e. The molecule has 4 atom stereocenters. The van der Waals surface area contributed by atoms with Crippen LogP contribution in [0.25, 0.3) is 0 Å². The second-order valence-corrected chi connectivity index (χ2v) is 6.06. The Morgan fingerprint density at radius 3 is 2.76 bits per heavy atom. The number of nitrogens with zero attached hydrogens (tertiary/aromatic N) is 2. The van der Waals surface area contributed by atoms with E-state index in [0.29, 0.717) is 12.5 Å². The van der Waals surface area contributed by atoms with Crippen LogP contribution in [-0.4, -0.2) is 60.5 Å². The number of hydrogen-bond donors (Lipinski definition) is 1. The number of nitrogens with one attached hydrogen (secondary N) is 1. The van der Waals surface area contributed by atoms with E-state index < -0.39 is 0 Å². The number of hydrogen-bond acceptors (Lipinski definition) is 4. The number of piperidine rings is 2. The molecule has 0 spiro atoms. The Morgan fingerprint density at radius 2 is 1.94 bits per heavy atom. The molecular formula is C13H23N3O. The van der Waals surface area contributed by atoms with E-state index in [1.54, 1.807) is 0 Å². The van der Waals surface area contributed by atoms with E-state index in [4.69, 9.17) is 4.74 Å². The molecule has 4 heteroatoms. The van der Waals surface area contributed by atoms with Crippen molar-refractivity contribution in [3.63, 3.8) is 0 Å². The van der Waals surface area contributed by atoms with E-state index in [1.165, 1.54) is 45.2 Å². The second-order valence-electron chi connectivity index (χ2n) is 6.06. The van der Waals surface area contributed by atoms with Crippen molar-refractivity contribution in [2.75, 3.05) is 26.2 Å². The van der Waals surface area contributed by atoms with Gasteiger partial charge in [0.15, 0.2) is 0 Å². The summed E-state index contributed by atoms with van der Waals surface area (Å²) in [5.74, 6) is 0. The molecule has 4 nitrogen and oxygen atoms in total. The first-order valence-electron chi connectivity index (χ1n) is 7.29. The molecule has 2 bridgehead atoms. The Morgan fingerprint density at radius 1 is 1.00 bits per heavy atom. The lowest BCUT2D eigenvalue weighted by molar-refractivity contribution is -0.00851. The molecular weight excluding hydrogens is 214 g/mol. The lowest BCUT2D eigenvalue weighted by atomic mass is 9.90. The van der Waals surface area contributed by atoms with E-state index in [9.17, 15) is 0 Å². The van der Waals surface area contributed by atoms with Crippen LogP contribution in [0.15, 0.2) is 0 Å². The highest BCUT2D eigenvalue weighted by molar-refractivity contribution is 4.94. The van der Waals surface area contributed by atoms with Crippen LogP contribution in [0, 0.1) is 0 Å². The maximum absolute atomic E-state index is 5.87. The molecule has 17 heavy (non-hydrogen) atoms. The molecule has 0 aromatic rings. The normalized spacial score (nSPS) is 47.3. The lowest BCUT2D eigenvalue weighted by Crippen LogP contribution is -2.57. The van der Waals surface area contributed by atoms with Gasteiger partial charge in [-0.1, -0.05) is 6.42 Å². The van der Waals surface area contributed by atoms with Gasteiger partial charge < -0.3 is 4.74 Å². The highest BCUT2D eigenvalue weighted by Gasteiger charge is 2.44. The average Bonchev–Trinajstić information content (AvgIpc) is 3.00. The first kappa shape index (κ1) is 10.7. The van der Waals surface area contributed by atoms with Gasteiger partial charge in [-0.2, -0.15) is 0 Å². The van der Waals surface area contributed by atoms with Crippen molar-refractivity contribution >= 4 is 0 Å². The van der Waals surface area contributed by atoms with E-state index in [1.807, 2.05) is 0 Å². The molecule has 4 aliphatic rings. The maximum Gasteiger partial charge on any atom is 0.125 e. The highest BCUT2D eigenvalue weighted by Crippen LogP contribution is 2.32. The van der Waals surface area contributed by atoms with Crippen molar-refractivity contribution in [2.45, 2.75) is 56.6 Å². The van der Waals surface area contributed by atoms with Crippen molar-refractivity contribution in [1.29, 1.82) is 0 Å². The Hall–Kier alpha value is -0.160. The fourth-order valence-electron chi connectivity index (χ4n) is 4.16. The third-order valence-electron chi connectivity index (χ3n) is 5.08. The van der Waals surface area contributed by atoms with Crippen LogP contribution in [0.4, 0.5) is 0 Å². The first-order valence-corrected chi connectivity index (χ1v) is 7.29. The van der Waals surface area contributed by atoms with E-state index in [2.05, 4.69) is 15.1 Å². The Bertz CT molecular complexity index is 298. The number of piperazine rings is 1. The molecule has 0 aromatic carbocycles. The molecule has 0 amide bonds. The highest BCUT2D eigenvalue weighted by atomic mass is 16.6. The summed E-state index contributed by atoms with van der Waals surface area (Å²) < 4.78 is 5.87. The van der Waals surface area contributed by atoms with E-state index >= 15 is 0 Å². The van der Waals surface area contributed by atoms with E-state index in [-0.39, 0.29) is 0 Å². The zero-order chi connectivity index (χ0) is 11.2.